The summed E-state index contributed by atoms with van der Waals surface area (Å²) in [6.07, 6.45) is 11.2. The van der Waals surface area contributed by atoms with E-state index in [9.17, 15) is 24.9 Å². The molecule has 4 rings (SSSR count). The molecule has 0 amide bonds. The second-order valence-electron chi connectivity index (χ2n) is 19.8. The number of fused-ring (bicyclic) bond motifs is 2. The van der Waals surface area contributed by atoms with Gasteiger partial charge in [0.25, 0.3) is 6.47 Å². The number of hydrazine groups is 1. The van der Waals surface area contributed by atoms with Crippen molar-refractivity contribution in [3.63, 3.8) is 0 Å². The van der Waals surface area contributed by atoms with Crippen LogP contribution in [0.1, 0.15) is 113 Å². The van der Waals surface area contributed by atoms with Crippen molar-refractivity contribution in [3.05, 3.63) is 47.5 Å². The number of rotatable bonds is 22. The second-order valence-corrected chi connectivity index (χ2v) is 19.8. The van der Waals surface area contributed by atoms with Gasteiger partial charge in [0.1, 0.15) is 17.2 Å². The Morgan fingerprint density at radius 1 is 1.08 bits per heavy atom. The number of ketones is 2. The van der Waals surface area contributed by atoms with Gasteiger partial charge >= 0.3 is 0 Å². The van der Waals surface area contributed by atoms with Gasteiger partial charge in [-0.3, -0.25) is 25.1 Å². The summed E-state index contributed by atoms with van der Waals surface area (Å²) in [6.45, 7) is 16.5. The lowest BCUT2D eigenvalue weighted by Crippen LogP contribution is -2.56. The molecule has 1 saturated carbocycles. The van der Waals surface area contributed by atoms with Gasteiger partial charge in [-0.25, -0.2) is 0 Å². The molecule has 15 atom stereocenters. The highest BCUT2D eigenvalue weighted by Crippen LogP contribution is 2.57. The zero-order valence-electron chi connectivity index (χ0n) is 40.8. The highest BCUT2D eigenvalue weighted by atomic mass is 16.8. The average Bonchev–Trinajstić information content (AvgIpc) is 3.80. The summed E-state index contributed by atoms with van der Waals surface area (Å²) in [5.74, 6) is 2.78. The van der Waals surface area contributed by atoms with Crippen LogP contribution >= 0.6 is 0 Å². The maximum atomic E-state index is 15.6. The van der Waals surface area contributed by atoms with Crippen molar-refractivity contribution >= 4 is 18.0 Å². The van der Waals surface area contributed by atoms with Crippen LogP contribution in [0.15, 0.2) is 47.5 Å². The van der Waals surface area contributed by atoms with Crippen molar-refractivity contribution in [2.75, 3.05) is 33.9 Å². The monoisotopic (exact) mass is 917 g/mol. The van der Waals surface area contributed by atoms with Crippen LogP contribution in [0.25, 0.3) is 0 Å². The number of unbranched alkanes of at least 4 members (excludes halogenated alkanes) is 1. The first-order chi connectivity index (χ1) is 30.8. The van der Waals surface area contributed by atoms with Crippen LogP contribution in [0, 0.1) is 47.3 Å². The molecule has 2 fully saturated rings. The number of allylic oxidation sites excluding steroid dienone is 6. The van der Waals surface area contributed by atoms with Gasteiger partial charge < -0.3 is 51.3 Å². The van der Waals surface area contributed by atoms with E-state index in [4.69, 9.17) is 30.6 Å². The van der Waals surface area contributed by atoms with Crippen LogP contribution in [0.4, 0.5) is 0 Å². The van der Waals surface area contributed by atoms with Gasteiger partial charge in [0.05, 0.1) is 30.0 Å². The summed E-state index contributed by atoms with van der Waals surface area (Å²) >= 11 is 0. The number of carbonyl (C=O) groups is 3. The van der Waals surface area contributed by atoms with Gasteiger partial charge in [0, 0.05) is 92.4 Å². The molecular weight excluding hydrogens is 833 g/mol. The number of nitrogens with two attached hydrogens (primary N) is 2. The van der Waals surface area contributed by atoms with Gasteiger partial charge in [-0.15, -0.1) is 0 Å². The predicted octanol–water partition coefficient (Wildman–Crippen LogP) is 3.91. The number of nitrogens with one attached hydrogen (secondary N) is 3. The summed E-state index contributed by atoms with van der Waals surface area (Å²) in [5, 5.41) is 42.2. The Labute approximate surface area is 388 Å². The number of carbonyl (C=O) groups excluding carboxylic acids is 3. The number of ether oxygens (including phenoxy) is 3. The zero-order valence-corrected chi connectivity index (χ0v) is 40.8. The smallest absolute Gasteiger partial charge is 0.293 e. The van der Waals surface area contributed by atoms with Gasteiger partial charge in [-0.2, -0.15) is 5.06 Å². The van der Waals surface area contributed by atoms with Crippen molar-refractivity contribution in [3.8, 4) is 0 Å². The number of nitrogens with zero attached hydrogens (tertiary/aromatic N) is 1. The zero-order chi connectivity index (χ0) is 48.2. The fourth-order valence-corrected chi connectivity index (χ4v) is 10.9. The van der Waals surface area contributed by atoms with E-state index in [0.29, 0.717) is 44.4 Å². The minimum absolute atomic E-state index is 0.0132. The molecule has 10 N–H and O–H groups in total. The summed E-state index contributed by atoms with van der Waals surface area (Å²) in [5.41, 5.74) is 9.23. The molecular formula is C49H84N6O10. The summed E-state index contributed by atoms with van der Waals surface area (Å²) in [6, 6.07) is -0.876. The van der Waals surface area contributed by atoms with Crippen LogP contribution in [-0.2, 0) is 33.4 Å². The Kier molecular flexibility index (Phi) is 20.7. The van der Waals surface area contributed by atoms with Crippen molar-refractivity contribution in [1.29, 1.82) is 0 Å². The van der Waals surface area contributed by atoms with E-state index < -0.39 is 71.4 Å². The molecule has 16 heteroatoms. The van der Waals surface area contributed by atoms with E-state index in [2.05, 4.69) is 22.1 Å². The Morgan fingerprint density at radius 3 is 2.37 bits per heavy atom. The van der Waals surface area contributed by atoms with E-state index in [1.54, 1.807) is 33.1 Å². The third-order valence-electron chi connectivity index (χ3n) is 15.5. The predicted molar refractivity (Wildman–Crippen MR) is 250 cm³/mol. The lowest BCUT2D eigenvalue weighted by molar-refractivity contribution is -0.261. The fourth-order valence-electron chi connectivity index (χ4n) is 10.9. The minimum Gasteiger partial charge on any atom is -0.459 e. The molecule has 3 aliphatic carbocycles. The molecule has 3 unspecified atom stereocenters. The SMILES string of the molecule is CO[C@@]1(C)C[C@H](C(=O)[C@H](C)C(NCCCCN/C=C(\NN)[C@H]2CCC=C(N)C2)C2(OC=O)C(C)C2C)[C@H]2C=CC=C(C2)[C@H](O)ON(C)[C@@H](C[C@@H](C)O)CCO[C@@H]1[C@@H](C)[C@H](O)[C@@H](C)C(C)=O. The van der Waals surface area contributed by atoms with Crippen LogP contribution < -0.4 is 27.6 Å². The van der Waals surface area contributed by atoms with Gasteiger partial charge in [-0.1, -0.05) is 58.9 Å². The quantitative estimate of drug-likeness (QED) is 0.0333. The third kappa shape index (κ3) is 13.5. The number of aliphatic hydroxyl groups excluding tert-OH is 3. The van der Waals surface area contributed by atoms with Gasteiger partial charge in [-0.05, 0) is 96.6 Å². The van der Waals surface area contributed by atoms with E-state index in [1.165, 1.54) is 6.92 Å². The van der Waals surface area contributed by atoms with Crippen molar-refractivity contribution in [2.45, 2.75) is 161 Å². The summed E-state index contributed by atoms with van der Waals surface area (Å²) < 4.78 is 19.2. The topological polar surface area (TPSA) is 240 Å². The molecule has 2 bridgehead atoms. The first-order valence-corrected chi connectivity index (χ1v) is 24.0. The molecule has 370 valence electrons. The number of hydroxylamine groups is 2. The minimum atomic E-state index is -1.32. The Morgan fingerprint density at radius 2 is 1.77 bits per heavy atom. The summed E-state index contributed by atoms with van der Waals surface area (Å²) in [4.78, 5) is 46.5. The number of aliphatic hydroxyl groups is 3. The Hall–Kier alpha value is -3.19. The lowest BCUT2D eigenvalue weighted by Gasteiger charge is -2.45. The van der Waals surface area contributed by atoms with Crippen LogP contribution in [0.2, 0.25) is 0 Å². The molecule has 1 aliphatic heterocycles. The van der Waals surface area contributed by atoms with Gasteiger partial charge in [0.15, 0.2) is 6.29 Å². The molecule has 0 aromatic rings. The van der Waals surface area contributed by atoms with E-state index in [1.807, 2.05) is 59.0 Å². The molecule has 65 heavy (non-hydrogen) atoms. The molecule has 0 spiro atoms. The van der Waals surface area contributed by atoms with Gasteiger partial charge in [0.2, 0.25) is 0 Å². The number of Topliss-reactive ketones (excluding diaryl/α,β-unsaturated/α-hetero) is 2. The van der Waals surface area contributed by atoms with Crippen molar-refractivity contribution in [1.82, 2.24) is 21.1 Å². The highest BCUT2D eigenvalue weighted by Gasteiger charge is 2.68. The molecule has 1 heterocycles. The van der Waals surface area contributed by atoms with Crippen molar-refractivity contribution < 1.29 is 48.8 Å². The Balaban J connectivity index is 1.66. The first kappa shape index (κ1) is 54.4. The average molecular weight is 917 g/mol. The molecule has 4 aliphatic rings. The normalized spacial score (nSPS) is 34.3. The summed E-state index contributed by atoms with van der Waals surface area (Å²) in [7, 11) is 3.29. The van der Waals surface area contributed by atoms with E-state index >= 15 is 4.79 Å². The molecule has 16 nitrogen and oxygen atoms in total. The van der Waals surface area contributed by atoms with Crippen LogP contribution in [0.5, 0.6) is 0 Å². The fraction of sp³-hybridized carbons (Fsp3) is 0.776. The number of methoxy groups -OCH3 is 1. The van der Waals surface area contributed by atoms with E-state index in [-0.39, 0.29) is 48.4 Å². The Bertz CT molecular complexity index is 1680. The third-order valence-corrected chi connectivity index (χ3v) is 15.5. The maximum Gasteiger partial charge on any atom is 0.293 e. The van der Waals surface area contributed by atoms with Crippen LogP contribution in [-0.4, -0.2) is 120 Å². The molecule has 0 aromatic carbocycles. The molecule has 0 radical (unpaired) electrons. The molecule has 1 saturated heterocycles. The largest absolute Gasteiger partial charge is 0.459 e. The van der Waals surface area contributed by atoms with E-state index in [0.717, 1.165) is 43.5 Å². The number of hydrogen-bond donors (Lipinski definition) is 8. The standard InChI is InChI=1S/C49H84N6O10/c1-29(57)23-40-19-22-63-46(32(4)43(59)30(2)35(7)58)48(8,62-10)26-41(36-15-13-17-38(24-36)47(61)65-55(40)9)44(60)31(3)45(49(64-28-56)33(5)34(49)6)53-21-12-11-20-52-27-42(54-51)37-16-14-18-39(50)25-37/h13,15,17-18,27-34,36-37,40-41,43,45-47,52-54,57,59,61H,11-12,14,16,19-26,50-51H2,1-10H3/b42-27-/t29-,30+,31+,32+,33?,34?,36+,37+,40-,41+,43-,45?,46-,47-,48+,49?/m1/s1. The maximum absolute atomic E-state index is 15.6. The molecule has 0 aromatic heterocycles. The number of hydrogen-bond acceptors (Lipinski definition) is 16. The van der Waals surface area contributed by atoms with Crippen LogP contribution in [0.3, 0.4) is 0 Å². The first-order valence-electron chi connectivity index (χ1n) is 24.0. The second kappa shape index (κ2) is 24.7. The lowest BCUT2D eigenvalue weighted by atomic mass is 9.69. The van der Waals surface area contributed by atoms with Crippen molar-refractivity contribution in [2.24, 2.45) is 58.9 Å². The highest BCUT2D eigenvalue weighted by molar-refractivity contribution is 5.85.